The number of hydrogen-bond donors (Lipinski definition) is 3. The lowest BCUT2D eigenvalue weighted by atomic mass is 9.91. The fourth-order valence-corrected chi connectivity index (χ4v) is 3.45. The highest BCUT2D eigenvalue weighted by molar-refractivity contribution is 6.07. The van der Waals surface area contributed by atoms with Crippen molar-refractivity contribution in [3.8, 4) is 0 Å². The second-order valence-corrected chi connectivity index (χ2v) is 6.75. The largest absolute Gasteiger partial charge is 0.336 e. The normalized spacial score (nSPS) is 28.4. The van der Waals surface area contributed by atoms with E-state index in [1.165, 1.54) is 0 Å². The van der Waals surface area contributed by atoms with E-state index in [0.29, 0.717) is 30.1 Å². The number of rotatable bonds is 3. The van der Waals surface area contributed by atoms with Crippen LogP contribution in [0.3, 0.4) is 0 Å². The molecule has 4 N–H and O–H groups in total. The van der Waals surface area contributed by atoms with Crippen molar-refractivity contribution in [2.24, 2.45) is 11.7 Å². The molecule has 0 radical (unpaired) electrons. The minimum absolute atomic E-state index is 0. The van der Waals surface area contributed by atoms with Crippen molar-refractivity contribution in [2.45, 2.75) is 31.8 Å². The van der Waals surface area contributed by atoms with Crippen molar-refractivity contribution in [1.82, 2.24) is 15.5 Å². The fourth-order valence-electron chi connectivity index (χ4n) is 3.45. The summed E-state index contributed by atoms with van der Waals surface area (Å²) in [6.45, 7) is 4.93. The van der Waals surface area contributed by atoms with Gasteiger partial charge >= 0.3 is 6.03 Å². The summed E-state index contributed by atoms with van der Waals surface area (Å²) < 4.78 is 0. The summed E-state index contributed by atoms with van der Waals surface area (Å²) in [5.41, 5.74) is 5.81. The third-order valence-electron chi connectivity index (χ3n) is 5.01. The molecule has 4 amide bonds. The van der Waals surface area contributed by atoms with E-state index in [1.54, 1.807) is 31.2 Å². The van der Waals surface area contributed by atoms with Crippen LogP contribution in [0.1, 0.15) is 36.2 Å². The summed E-state index contributed by atoms with van der Waals surface area (Å²) >= 11 is 0. The zero-order valence-electron chi connectivity index (χ0n) is 14.2. The van der Waals surface area contributed by atoms with Gasteiger partial charge in [-0.2, -0.15) is 0 Å². The van der Waals surface area contributed by atoms with Gasteiger partial charge in [-0.25, -0.2) is 4.79 Å². The Labute approximate surface area is 152 Å². The maximum Gasteiger partial charge on any atom is 0.322 e. The maximum absolute atomic E-state index is 12.7. The van der Waals surface area contributed by atoms with Gasteiger partial charge < -0.3 is 16.0 Å². The van der Waals surface area contributed by atoms with E-state index in [0.717, 1.165) is 6.42 Å². The van der Waals surface area contributed by atoms with Crippen molar-refractivity contribution in [3.05, 3.63) is 35.4 Å². The monoisotopic (exact) mass is 366 g/mol. The second-order valence-electron chi connectivity index (χ2n) is 6.75. The quantitative estimate of drug-likeness (QED) is 0.693. The summed E-state index contributed by atoms with van der Waals surface area (Å²) in [6, 6.07) is 6.47. The molecule has 1 aromatic carbocycles. The zero-order valence-corrected chi connectivity index (χ0v) is 15.1. The van der Waals surface area contributed by atoms with Crippen LogP contribution < -0.4 is 16.4 Å². The van der Waals surface area contributed by atoms with Gasteiger partial charge in [-0.1, -0.05) is 12.1 Å². The van der Waals surface area contributed by atoms with Gasteiger partial charge in [0.1, 0.15) is 5.54 Å². The molecule has 2 heterocycles. The van der Waals surface area contributed by atoms with E-state index < -0.39 is 17.5 Å². The molecule has 3 rings (SSSR count). The van der Waals surface area contributed by atoms with Crippen molar-refractivity contribution in [1.29, 1.82) is 0 Å². The van der Waals surface area contributed by atoms with Crippen LogP contribution in [0.15, 0.2) is 24.3 Å². The van der Waals surface area contributed by atoms with Crippen LogP contribution in [0.5, 0.6) is 0 Å². The number of carbonyl (C=O) groups is 3. The van der Waals surface area contributed by atoms with Gasteiger partial charge in [0, 0.05) is 18.2 Å². The molecule has 3 unspecified atom stereocenters. The number of imide groups is 1. The molecule has 1 aromatic rings. The van der Waals surface area contributed by atoms with Gasteiger partial charge in [0.2, 0.25) is 0 Å². The van der Waals surface area contributed by atoms with E-state index in [4.69, 9.17) is 5.73 Å². The van der Waals surface area contributed by atoms with E-state index in [-0.39, 0.29) is 24.4 Å². The Hall–Kier alpha value is -2.12. The van der Waals surface area contributed by atoms with Crippen LogP contribution in [-0.2, 0) is 10.3 Å². The summed E-state index contributed by atoms with van der Waals surface area (Å²) in [5, 5.41) is 4.84. The Kier molecular flexibility index (Phi) is 5.39. The van der Waals surface area contributed by atoms with Crippen LogP contribution in [0, 0.1) is 5.92 Å². The van der Waals surface area contributed by atoms with Gasteiger partial charge in [-0.3, -0.25) is 14.9 Å². The van der Waals surface area contributed by atoms with E-state index in [2.05, 4.69) is 10.6 Å². The van der Waals surface area contributed by atoms with E-state index in [9.17, 15) is 14.4 Å². The second kappa shape index (κ2) is 7.01. The lowest BCUT2D eigenvalue weighted by Gasteiger charge is -2.23. The number of hydrogen-bond acceptors (Lipinski definition) is 4. The fraction of sp³-hybridized carbons (Fsp3) is 0.471. The number of nitrogens with two attached hydrogens (primary N) is 1. The molecular formula is C17H23ClN4O3. The predicted molar refractivity (Wildman–Crippen MR) is 95.4 cm³/mol. The molecule has 136 valence electrons. The molecule has 0 saturated carbocycles. The number of benzene rings is 1. The van der Waals surface area contributed by atoms with Gasteiger partial charge in [0.25, 0.3) is 11.8 Å². The molecule has 8 heteroatoms. The topological polar surface area (TPSA) is 105 Å². The summed E-state index contributed by atoms with van der Waals surface area (Å²) in [7, 11) is 0. The third-order valence-corrected chi connectivity index (χ3v) is 5.01. The van der Waals surface area contributed by atoms with Gasteiger partial charge in [-0.05, 0) is 50.4 Å². The molecule has 7 nitrogen and oxygen atoms in total. The number of nitrogens with one attached hydrogen (secondary N) is 2. The smallest absolute Gasteiger partial charge is 0.322 e. The molecular weight excluding hydrogens is 344 g/mol. The molecule has 25 heavy (non-hydrogen) atoms. The number of carbonyl (C=O) groups excluding carboxylic acids is 3. The lowest BCUT2D eigenvalue weighted by Crippen LogP contribution is -2.40. The first-order valence-electron chi connectivity index (χ1n) is 8.10. The summed E-state index contributed by atoms with van der Waals surface area (Å²) in [4.78, 5) is 37.9. The average molecular weight is 367 g/mol. The number of nitrogens with zero attached hydrogens (tertiary/aromatic N) is 1. The minimum Gasteiger partial charge on any atom is -0.336 e. The Balaban J connectivity index is 0.00000225. The summed E-state index contributed by atoms with van der Waals surface area (Å²) in [5.74, 6) is -0.0832. The highest BCUT2D eigenvalue weighted by Gasteiger charge is 2.43. The maximum atomic E-state index is 12.7. The highest BCUT2D eigenvalue weighted by atomic mass is 35.5. The molecule has 3 atom stereocenters. The van der Waals surface area contributed by atoms with Crippen LogP contribution >= 0.6 is 12.4 Å². The van der Waals surface area contributed by atoms with Crippen LogP contribution in [0.4, 0.5) is 4.79 Å². The number of amides is 4. The molecule has 0 aromatic heterocycles. The predicted octanol–water partition coefficient (Wildman–Crippen LogP) is 0.972. The molecule has 0 spiro atoms. The number of likely N-dealkylation sites (tertiary alicyclic amines) is 1. The first-order chi connectivity index (χ1) is 11.3. The molecule has 2 aliphatic rings. The van der Waals surface area contributed by atoms with Gasteiger partial charge in [-0.15, -0.1) is 12.4 Å². The van der Waals surface area contributed by atoms with Crippen molar-refractivity contribution >= 4 is 30.3 Å². The Morgan fingerprint density at radius 3 is 2.44 bits per heavy atom. The zero-order chi connectivity index (χ0) is 17.5. The molecule has 0 aliphatic carbocycles. The Morgan fingerprint density at radius 2 is 1.96 bits per heavy atom. The molecule has 2 saturated heterocycles. The first kappa shape index (κ1) is 19.2. The van der Waals surface area contributed by atoms with Gasteiger partial charge in [0.15, 0.2) is 0 Å². The van der Waals surface area contributed by atoms with Crippen molar-refractivity contribution in [3.63, 3.8) is 0 Å². The average Bonchev–Trinajstić information content (AvgIpc) is 3.06. The summed E-state index contributed by atoms with van der Waals surface area (Å²) in [6.07, 6.45) is 0.921. The van der Waals surface area contributed by atoms with E-state index >= 15 is 0 Å². The first-order valence-corrected chi connectivity index (χ1v) is 8.10. The Morgan fingerprint density at radius 1 is 1.32 bits per heavy atom. The number of urea groups is 1. The number of halogens is 1. The van der Waals surface area contributed by atoms with Crippen LogP contribution in [-0.4, -0.2) is 41.9 Å². The van der Waals surface area contributed by atoms with E-state index in [1.807, 2.05) is 11.8 Å². The minimum atomic E-state index is -1.11. The lowest BCUT2D eigenvalue weighted by molar-refractivity contribution is -0.123. The third kappa shape index (κ3) is 3.34. The van der Waals surface area contributed by atoms with Crippen LogP contribution in [0.2, 0.25) is 0 Å². The molecule has 2 aliphatic heterocycles. The van der Waals surface area contributed by atoms with Crippen molar-refractivity contribution < 1.29 is 14.4 Å². The SMILES string of the molecule is CC1CC(CN)CN1C(=O)c1ccc(C2(C)NC(=O)NC2=O)cc1.Cl. The van der Waals surface area contributed by atoms with Gasteiger partial charge in [0.05, 0.1) is 0 Å². The van der Waals surface area contributed by atoms with Crippen LogP contribution in [0.25, 0.3) is 0 Å². The highest BCUT2D eigenvalue weighted by Crippen LogP contribution is 2.27. The molecule has 2 fully saturated rings. The Bertz CT molecular complexity index is 694. The molecule has 0 bridgehead atoms. The standard InChI is InChI=1S/C17H22N4O3.ClH/c1-10-7-11(8-18)9-21(10)14(22)12-3-5-13(6-4-12)17(2)15(23)19-16(24)20-17;/h3-6,10-11H,7-9,18H2,1-2H3,(H2,19,20,23,24);1H. The van der Waals surface area contributed by atoms with Crippen molar-refractivity contribution in [2.75, 3.05) is 13.1 Å².